The lowest BCUT2D eigenvalue weighted by Crippen LogP contribution is -2.48. The Hall–Kier alpha value is -3.64. The first-order chi connectivity index (χ1) is 19.1. The number of nitrogens with zero attached hydrogens (tertiary/aromatic N) is 2. The Morgan fingerprint density at radius 2 is 1.78 bits per heavy atom. The summed E-state index contributed by atoms with van der Waals surface area (Å²) in [6.07, 6.45) is -7.63. The number of rotatable bonds is 8. The summed E-state index contributed by atoms with van der Waals surface area (Å²) < 4.78 is 104. The van der Waals surface area contributed by atoms with Crippen LogP contribution in [-0.2, 0) is 25.3 Å². The molecule has 2 aliphatic rings. The maximum absolute atomic E-state index is 15.2. The van der Waals surface area contributed by atoms with Crippen molar-refractivity contribution in [1.82, 2.24) is 10.2 Å². The summed E-state index contributed by atoms with van der Waals surface area (Å²) in [6.45, 7) is -2.48. The highest BCUT2D eigenvalue weighted by molar-refractivity contribution is 7.92. The number of ether oxygens (including phenoxy) is 2. The van der Waals surface area contributed by atoms with Gasteiger partial charge in [0.2, 0.25) is 0 Å². The number of nitrogens with one attached hydrogen (secondary N) is 1. The molecule has 9 nitrogen and oxygen atoms in total. The summed E-state index contributed by atoms with van der Waals surface area (Å²) in [5, 5.41) is 9.37. The molecule has 16 heteroatoms. The minimum Gasteiger partial charge on any atom is -0.484 e. The number of carbonyl (C=O) groups excluding carboxylic acids is 2. The van der Waals surface area contributed by atoms with Gasteiger partial charge in [0.25, 0.3) is 0 Å². The van der Waals surface area contributed by atoms with E-state index in [0.29, 0.717) is 17.7 Å². The number of likely N-dealkylation sites (tertiary alicyclic amines) is 1. The van der Waals surface area contributed by atoms with Crippen LogP contribution in [-0.4, -0.2) is 61.7 Å². The number of amides is 2. The second kappa shape index (κ2) is 11.0. The monoisotopic (exact) mass is 621 g/mol. The van der Waals surface area contributed by atoms with Crippen LogP contribution in [0, 0.1) is 11.3 Å². The predicted octanol–water partition coefficient (Wildman–Crippen LogP) is 4.56. The second-order valence-electron chi connectivity index (χ2n) is 9.48. The quantitative estimate of drug-likeness (QED) is 0.429. The molecule has 0 aromatic heterocycles. The first kappa shape index (κ1) is 30.3. The van der Waals surface area contributed by atoms with Gasteiger partial charge in [0, 0.05) is 24.6 Å². The van der Waals surface area contributed by atoms with Crippen LogP contribution < -0.4 is 10.1 Å². The van der Waals surface area contributed by atoms with Crippen molar-refractivity contribution < 1.29 is 49.4 Å². The molecule has 2 aromatic rings. The zero-order chi connectivity index (χ0) is 30.2. The third kappa shape index (κ3) is 6.65. The average molecular weight is 622 g/mol. The molecule has 1 saturated carbocycles. The van der Waals surface area contributed by atoms with E-state index in [2.05, 4.69) is 10.1 Å². The van der Waals surface area contributed by atoms with Crippen molar-refractivity contribution >= 4 is 33.4 Å². The van der Waals surface area contributed by atoms with E-state index < -0.39 is 86.0 Å². The molecule has 0 unspecified atom stereocenters. The normalized spacial score (nSPS) is 20.2. The van der Waals surface area contributed by atoms with Gasteiger partial charge >= 0.3 is 24.1 Å². The van der Waals surface area contributed by atoms with Crippen LogP contribution in [0.5, 0.6) is 5.75 Å². The summed E-state index contributed by atoms with van der Waals surface area (Å²) in [5.74, 6) is -6.33. The van der Waals surface area contributed by atoms with Gasteiger partial charge in [-0.05, 0) is 25.0 Å². The van der Waals surface area contributed by atoms with Crippen LogP contribution in [0.2, 0.25) is 5.02 Å². The number of halogens is 6. The fourth-order valence-electron chi connectivity index (χ4n) is 4.15. The Bertz CT molecular complexity index is 1480. The smallest absolute Gasteiger partial charge is 0.422 e. The highest BCUT2D eigenvalue weighted by atomic mass is 35.5. The average Bonchev–Trinajstić information content (AvgIpc) is 3.55. The Balaban J connectivity index is 1.60. The molecule has 220 valence electrons. The number of carbonyl (C=O) groups is 2. The van der Waals surface area contributed by atoms with Crippen molar-refractivity contribution in [2.24, 2.45) is 0 Å². The molecule has 41 heavy (non-hydrogen) atoms. The molecule has 0 bridgehead atoms. The summed E-state index contributed by atoms with van der Waals surface area (Å²) in [4.78, 5) is 25.4. The van der Waals surface area contributed by atoms with E-state index in [1.54, 1.807) is 0 Å². The number of alkyl halides is 5. The number of hydrogen-bond acceptors (Lipinski definition) is 7. The van der Waals surface area contributed by atoms with Crippen molar-refractivity contribution in [3.05, 3.63) is 59.1 Å². The van der Waals surface area contributed by atoms with Crippen LogP contribution in [0.15, 0.2) is 53.4 Å². The van der Waals surface area contributed by atoms with Gasteiger partial charge in [0.05, 0.1) is 21.2 Å². The molecular formula is C25H21ClF5N3O6S. The van der Waals surface area contributed by atoms with Crippen LogP contribution in [0.1, 0.15) is 24.8 Å². The molecule has 2 amide bonds. The minimum atomic E-state index is -4.66. The van der Waals surface area contributed by atoms with Gasteiger partial charge in [-0.25, -0.2) is 13.2 Å². The Labute approximate surface area is 235 Å². The van der Waals surface area contributed by atoms with Gasteiger partial charge in [-0.1, -0.05) is 41.9 Å². The van der Waals surface area contributed by atoms with Crippen molar-refractivity contribution in [3.63, 3.8) is 0 Å². The van der Waals surface area contributed by atoms with E-state index in [4.69, 9.17) is 16.3 Å². The summed E-state index contributed by atoms with van der Waals surface area (Å²) in [5.41, 5.74) is -1.88. The predicted molar refractivity (Wildman–Crippen MR) is 132 cm³/mol. The fraction of sp³-hybridized carbons (Fsp3) is 0.400. The summed E-state index contributed by atoms with van der Waals surface area (Å²) in [7, 11) is -4.51. The molecule has 2 atom stereocenters. The molecule has 1 N–H and O–H groups in total. The lowest BCUT2D eigenvalue weighted by molar-refractivity contribution is -0.166. The second-order valence-corrected chi connectivity index (χ2v) is 12.1. The molecular weight excluding hydrogens is 601 g/mol. The van der Waals surface area contributed by atoms with Crippen molar-refractivity contribution in [3.8, 4) is 11.8 Å². The first-order valence-electron chi connectivity index (χ1n) is 12.0. The topological polar surface area (TPSA) is 126 Å². The molecule has 1 aliphatic carbocycles. The maximum Gasteiger partial charge on any atom is 0.422 e. The number of sulfone groups is 1. The molecule has 2 fully saturated rings. The van der Waals surface area contributed by atoms with Gasteiger partial charge in [0.1, 0.15) is 11.3 Å². The van der Waals surface area contributed by atoms with Gasteiger partial charge in [0.15, 0.2) is 22.7 Å². The van der Waals surface area contributed by atoms with Crippen LogP contribution >= 0.6 is 11.6 Å². The third-order valence-electron chi connectivity index (χ3n) is 6.48. The van der Waals surface area contributed by atoms with E-state index in [9.17, 15) is 36.4 Å². The highest BCUT2D eigenvalue weighted by Crippen LogP contribution is 2.39. The van der Waals surface area contributed by atoms with Crippen LogP contribution in [0.4, 0.5) is 26.7 Å². The van der Waals surface area contributed by atoms with E-state index in [-0.39, 0.29) is 5.75 Å². The zero-order valence-corrected chi connectivity index (χ0v) is 22.4. The number of benzene rings is 2. The zero-order valence-electron chi connectivity index (χ0n) is 20.8. The Morgan fingerprint density at radius 3 is 2.34 bits per heavy atom. The molecule has 1 saturated heterocycles. The van der Waals surface area contributed by atoms with Gasteiger partial charge in [-0.3, -0.25) is 9.69 Å². The molecule has 4 rings (SSSR count). The van der Waals surface area contributed by atoms with Crippen molar-refractivity contribution in [2.75, 3.05) is 13.2 Å². The molecule has 2 aromatic carbocycles. The van der Waals surface area contributed by atoms with E-state index >= 15 is 8.78 Å². The highest BCUT2D eigenvalue weighted by Gasteiger charge is 2.53. The largest absolute Gasteiger partial charge is 0.484 e. The van der Waals surface area contributed by atoms with E-state index in [1.807, 2.05) is 6.07 Å². The number of nitriles is 1. The SMILES string of the molecule is N#CC1(NC(=O)O[C@H]2C[C@@H](S(=O)(=O)c3ccc(OCC(F)(F)F)cc3Cl)CN2C(=O)C(F)(F)c2ccccc2)CC1. The van der Waals surface area contributed by atoms with E-state index in [1.165, 1.54) is 18.2 Å². The third-order valence-corrected chi connectivity index (χ3v) is 9.09. The molecule has 1 aliphatic heterocycles. The molecule has 0 radical (unpaired) electrons. The van der Waals surface area contributed by atoms with E-state index in [0.717, 1.165) is 30.3 Å². The van der Waals surface area contributed by atoms with Gasteiger partial charge in [-0.2, -0.15) is 27.2 Å². The minimum absolute atomic E-state index is 0.316. The van der Waals surface area contributed by atoms with Crippen molar-refractivity contribution in [1.29, 1.82) is 5.26 Å². The lowest BCUT2D eigenvalue weighted by atomic mass is 10.1. The van der Waals surface area contributed by atoms with Gasteiger partial charge < -0.3 is 14.8 Å². The maximum atomic E-state index is 15.2. The fourth-order valence-corrected chi connectivity index (χ4v) is 6.37. The number of alkyl carbamates (subject to hydrolysis) is 1. The van der Waals surface area contributed by atoms with Gasteiger partial charge in [-0.15, -0.1) is 0 Å². The molecule has 1 heterocycles. The summed E-state index contributed by atoms with van der Waals surface area (Å²) in [6, 6.07) is 10.5. The Morgan fingerprint density at radius 1 is 1.12 bits per heavy atom. The van der Waals surface area contributed by atoms with Crippen molar-refractivity contribution in [2.45, 2.75) is 53.3 Å². The Kier molecular flexibility index (Phi) is 8.12. The van der Waals surface area contributed by atoms with Crippen LogP contribution in [0.25, 0.3) is 0 Å². The number of hydrogen-bond donors (Lipinski definition) is 1. The lowest BCUT2D eigenvalue weighted by Gasteiger charge is -2.28. The standard InChI is InChI=1S/C25H21ClF5N3O6S/c26-18-10-16(39-14-24(27,28)29)6-7-19(18)41(37,38)17-11-20(40-22(36)33-23(13-32)8-9-23)34(12-17)21(35)25(30,31)15-4-2-1-3-5-15/h1-7,10,17,20H,8-9,11-12,14H2,(H,33,36)/t17-,20+/m1/s1. The summed E-state index contributed by atoms with van der Waals surface area (Å²) >= 11 is 6.04. The first-order valence-corrected chi connectivity index (χ1v) is 13.9. The van der Waals surface area contributed by atoms with Crippen LogP contribution in [0.3, 0.4) is 0 Å². The molecule has 0 spiro atoms.